The Bertz CT molecular complexity index is 1270. The second kappa shape index (κ2) is 12.4. The Labute approximate surface area is 224 Å². The lowest BCUT2D eigenvalue weighted by molar-refractivity contribution is -0.126. The zero-order valence-electron chi connectivity index (χ0n) is 22.2. The van der Waals surface area contributed by atoms with Crippen LogP contribution in [-0.2, 0) is 27.3 Å². The van der Waals surface area contributed by atoms with Crippen molar-refractivity contribution in [3.8, 4) is 5.75 Å². The van der Waals surface area contributed by atoms with E-state index < -0.39 is 5.92 Å². The Kier molecular flexibility index (Phi) is 8.79. The largest absolute Gasteiger partial charge is 0.484 e. The summed E-state index contributed by atoms with van der Waals surface area (Å²) in [4.78, 5) is 39.4. The van der Waals surface area contributed by atoms with Gasteiger partial charge in [-0.1, -0.05) is 63.2 Å². The van der Waals surface area contributed by atoms with Gasteiger partial charge in [-0.3, -0.25) is 14.4 Å². The molecule has 3 aromatic carbocycles. The topological polar surface area (TPSA) is 87.7 Å². The van der Waals surface area contributed by atoms with Gasteiger partial charge in [0.1, 0.15) is 5.75 Å². The predicted octanol–water partition coefficient (Wildman–Crippen LogP) is 5.06. The summed E-state index contributed by atoms with van der Waals surface area (Å²) >= 11 is 0. The summed E-state index contributed by atoms with van der Waals surface area (Å²) in [5, 5.41) is 5.85. The number of anilines is 2. The van der Waals surface area contributed by atoms with E-state index in [1.54, 1.807) is 29.2 Å². The van der Waals surface area contributed by atoms with E-state index in [0.29, 0.717) is 30.4 Å². The highest BCUT2D eigenvalue weighted by Crippen LogP contribution is 2.27. The Balaban J connectivity index is 1.26. The van der Waals surface area contributed by atoms with Crippen molar-refractivity contribution in [1.29, 1.82) is 0 Å². The quantitative estimate of drug-likeness (QED) is 0.397. The maximum Gasteiger partial charge on any atom is 0.262 e. The number of nitrogens with zero attached hydrogens (tertiary/aromatic N) is 1. The Morgan fingerprint density at radius 3 is 2.39 bits per heavy atom. The van der Waals surface area contributed by atoms with Crippen molar-refractivity contribution in [1.82, 2.24) is 5.32 Å². The molecule has 4 rings (SSSR count). The zero-order valence-corrected chi connectivity index (χ0v) is 22.2. The normalized spacial score (nSPS) is 15.0. The van der Waals surface area contributed by atoms with Crippen molar-refractivity contribution in [2.45, 2.75) is 46.1 Å². The van der Waals surface area contributed by atoms with Gasteiger partial charge in [0.15, 0.2) is 6.61 Å². The van der Waals surface area contributed by atoms with E-state index in [-0.39, 0.29) is 30.7 Å². The van der Waals surface area contributed by atoms with Crippen LogP contribution in [0.3, 0.4) is 0 Å². The van der Waals surface area contributed by atoms with Crippen LogP contribution in [0, 0.1) is 5.92 Å². The van der Waals surface area contributed by atoms with Gasteiger partial charge in [-0.15, -0.1) is 0 Å². The minimum absolute atomic E-state index is 0.0888. The molecule has 0 unspecified atom stereocenters. The third-order valence-corrected chi connectivity index (χ3v) is 6.80. The molecule has 1 aliphatic rings. The summed E-state index contributed by atoms with van der Waals surface area (Å²) in [7, 11) is 0. The lowest BCUT2D eigenvalue weighted by Crippen LogP contribution is -2.32. The van der Waals surface area contributed by atoms with Crippen LogP contribution in [-0.4, -0.2) is 30.9 Å². The SMILES string of the molecule is CCc1ccccc1NC(=O)COc1ccc(N2C[C@@H](C(=O)NCc3ccc(C(C)C)cc3)CC2=O)cc1. The standard InChI is InChI=1S/C31H35N3O4/c1-4-23-7-5-6-8-28(23)33-29(35)20-38-27-15-13-26(14-16-27)34-19-25(17-30(34)36)31(37)32-18-22-9-11-24(12-10-22)21(2)3/h5-16,21,25H,4,17-20H2,1-3H3,(H,32,37)(H,33,35)/t25-/m0/s1. The molecule has 2 N–H and O–H groups in total. The summed E-state index contributed by atoms with van der Waals surface area (Å²) < 4.78 is 5.63. The molecular formula is C31H35N3O4. The van der Waals surface area contributed by atoms with Crippen molar-refractivity contribution >= 4 is 29.1 Å². The maximum absolute atomic E-state index is 12.7. The number of nitrogens with one attached hydrogen (secondary N) is 2. The third kappa shape index (κ3) is 6.79. The number of hydrogen-bond acceptors (Lipinski definition) is 4. The van der Waals surface area contributed by atoms with Crippen LogP contribution in [0.4, 0.5) is 11.4 Å². The van der Waals surface area contributed by atoms with Crippen LogP contribution < -0.4 is 20.3 Å². The van der Waals surface area contributed by atoms with Crippen LogP contribution in [0.2, 0.25) is 0 Å². The first-order chi connectivity index (χ1) is 18.3. The van der Waals surface area contributed by atoms with Crippen LogP contribution in [0.1, 0.15) is 49.8 Å². The van der Waals surface area contributed by atoms with Gasteiger partial charge < -0.3 is 20.3 Å². The van der Waals surface area contributed by atoms with Crippen molar-refractivity contribution in [2.24, 2.45) is 5.92 Å². The average Bonchev–Trinajstić information content (AvgIpc) is 3.33. The van der Waals surface area contributed by atoms with Crippen LogP contribution in [0.5, 0.6) is 5.75 Å². The fourth-order valence-electron chi connectivity index (χ4n) is 4.49. The number of ether oxygens (including phenoxy) is 1. The summed E-state index contributed by atoms with van der Waals surface area (Å²) in [5.74, 6) is 0.135. The molecule has 198 valence electrons. The second-order valence-corrected chi connectivity index (χ2v) is 9.86. The zero-order chi connectivity index (χ0) is 27.1. The molecule has 0 saturated carbocycles. The van der Waals surface area contributed by atoms with E-state index in [4.69, 9.17) is 4.74 Å². The first-order valence-electron chi connectivity index (χ1n) is 13.1. The second-order valence-electron chi connectivity index (χ2n) is 9.86. The van der Waals surface area contributed by atoms with E-state index in [1.807, 2.05) is 43.3 Å². The molecule has 7 nitrogen and oxygen atoms in total. The molecule has 1 saturated heterocycles. The number of carbonyl (C=O) groups excluding carboxylic acids is 3. The van der Waals surface area contributed by atoms with Gasteiger partial charge in [0.25, 0.3) is 5.91 Å². The first-order valence-corrected chi connectivity index (χ1v) is 13.1. The number of hydrogen-bond donors (Lipinski definition) is 2. The van der Waals surface area contributed by atoms with Gasteiger partial charge in [-0.05, 0) is 59.4 Å². The number of para-hydroxylation sites is 1. The number of amides is 3. The fraction of sp³-hybridized carbons (Fsp3) is 0.323. The minimum Gasteiger partial charge on any atom is -0.484 e. The van der Waals surface area contributed by atoms with E-state index >= 15 is 0 Å². The van der Waals surface area contributed by atoms with Gasteiger partial charge >= 0.3 is 0 Å². The highest BCUT2D eigenvalue weighted by Gasteiger charge is 2.35. The molecular weight excluding hydrogens is 478 g/mol. The molecule has 1 aliphatic heterocycles. The Hall–Kier alpha value is -4.13. The first kappa shape index (κ1) is 26.9. The van der Waals surface area contributed by atoms with Gasteiger partial charge in [0.2, 0.25) is 11.8 Å². The van der Waals surface area contributed by atoms with E-state index in [2.05, 4.69) is 36.6 Å². The monoisotopic (exact) mass is 513 g/mol. The molecule has 3 amide bonds. The van der Waals surface area contributed by atoms with Crippen molar-refractivity contribution in [2.75, 3.05) is 23.4 Å². The van der Waals surface area contributed by atoms with Gasteiger partial charge in [-0.2, -0.15) is 0 Å². The molecule has 0 radical (unpaired) electrons. The lowest BCUT2D eigenvalue weighted by Gasteiger charge is -2.17. The average molecular weight is 514 g/mol. The van der Waals surface area contributed by atoms with Crippen LogP contribution in [0.25, 0.3) is 0 Å². The molecule has 0 aromatic heterocycles. The summed E-state index contributed by atoms with van der Waals surface area (Å²) in [6, 6.07) is 22.9. The number of rotatable bonds is 10. The third-order valence-electron chi connectivity index (χ3n) is 6.80. The number of benzene rings is 3. The molecule has 0 spiro atoms. The van der Waals surface area contributed by atoms with Gasteiger partial charge in [-0.25, -0.2) is 0 Å². The van der Waals surface area contributed by atoms with Gasteiger partial charge in [0, 0.05) is 30.9 Å². The van der Waals surface area contributed by atoms with Crippen molar-refractivity contribution in [3.63, 3.8) is 0 Å². The minimum atomic E-state index is -0.400. The molecule has 1 heterocycles. The van der Waals surface area contributed by atoms with Crippen LogP contribution >= 0.6 is 0 Å². The fourth-order valence-corrected chi connectivity index (χ4v) is 4.49. The predicted molar refractivity (Wildman–Crippen MR) is 149 cm³/mol. The van der Waals surface area contributed by atoms with E-state index in [9.17, 15) is 14.4 Å². The van der Waals surface area contributed by atoms with Crippen molar-refractivity contribution in [3.05, 3.63) is 89.5 Å². The molecule has 38 heavy (non-hydrogen) atoms. The van der Waals surface area contributed by atoms with E-state index in [0.717, 1.165) is 23.2 Å². The maximum atomic E-state index is 12.7. The summed E-state index contributed by atoms with van der Waals surface area (Å²) in [5.41, 5.74) is 4.84. The smallest absolute Gasteiger partial charge is 0.262 e. The molecule has 7 heteroatoms. The van der Waals surface area contributed by atoms with Crippen molar-refractivity contribution < 1.29 is 19.1 Å². The summed E-state index contributed by atoms with van der Waals surface area (Å²) in [6.45, 7) is 6.97. The Morgan fingerprint density at radius 1 is 1.00 bits per heavy atom. The Morgan fingerprint density at radius 2 is 1.71 bits per heavy atom. The van der Waals surface area contributed by atoms with E-state index in [1.165, 1.54) is 5.56 Å². The lowest BCUT2D eigenvalue weighted by atomic mass is 10.0. The molecule has 1 atom stereocenters. The molecule has 0 aliphatic carbocycles. The van der Waals surface area contributed by atoms with Gasteiger partial charge in [0.05, 0.1) is 5.92 Å². The molecule has 0 bridgehead atoms. The number of carbonyl (C=O) groups is 3. The highest BCUT2D eigenvalue weighted by atomic mass is 16.5. The molecule has 3 aromatic rings. The molecule has 1 fully saturated rings. The number of aryl methyl sites for hydroxylation is 1. The highest BCUT2D eigenvalue weighted by molar-refractivity contribution is 6.00. The van der Waals surface area contributed by atoms with Crippen LogP contribution in [0.15, 0.2) is 72.8 Å². The summed E-state index contributed by atoms with van der Waals surface area (Å²) in [6.07, 6.45) is 0.999.